The van der Waals surface area contributed by atoms with E-state index in [1.807, 2.05) is 35.2 Å². The van der Waals surface area contributed by atoms with E-state index >= 15 is 0 Å². The molecule has 0 fully saturated rings. The van der Waals surface area contributed by atoms with E-state index in [9.17, 15) is 9.59 Å². The van der Waals surface area contributed by atoms with Gasteiger partial charge in [0.15, 0.2) is 0 Å². The zero-order valence-electron chi connectivity index (χ0n) is 19.2. The quantitative estimate of drug-likeness (QED) is 0.566. The smallest absolute Gasteiger partial charge is 0.257 e. The number of hydrogen-bond donors (Lipinski definition) is 1. The number of aromatic nitrogens is 1. The number of rotatable bonds is 7. The van der Waals surface area contributed by atoms with Crippen LogP contribution in [0.15, 0.2) is 48.5 Å². The van der Waals surface area contributed by atoms with E-state index in [-0.39, 0.29) is 18.0 Å². The number of amides is 2. The van der Waals surface area contributed by atoms with Crippen LogP contribution in [0.1, 0.15) is 40.6 Å². The van der Waals surface area contributed by atoms with Gasteiger partial charge in [0.1, 0.15) is 6.17 Å². The molecule has 2 aliphatic heterocycles. The number of ether oxygens (including phenoxy) is 1. The van der Waals surface area contributed by atoms with Gasteiger partial charge >= 0.3 is 0 Å². The van der Waals surface area contributed by atoms with Gasteiger partial charge in [-0.1, -0.05) is 30.3 Å². The largest absolute Gasteiger partial charge is 0.385 e. The lowest BCUT2D eigenvalue weighted by molar-refractivity contribution is -0.121. The molecule has 3 aromatic rings. The van der Waals surface area contributed by atoms with Crippen LogP contribution in [0, 0.1) is 0 Å². The predicted octanol–water partition coefficient (Wildman–Crippen LogP) is 3.33. The Kier molecular flexibility index (Phi) is 5.81. The summed E-state index contributed by atoms with van der Waals surface area (Å²) >= 11 is 0. The van der Waals surface area contributed by atoms with Crippen molar-refractivity contribution in [2.75, 3.05) is 38.8 Å². The standard InChI is InChI=1S/C26H30N4O3/c1-28-21-10-5-4-9-20(21)26(32)30-15-12-19-18-8-3-6-11-22(18)29(24(19)25(28)30)16-13-23(31)27-14-7-17-33-2/h3-6,8-11,25H,7,12-17H2,1-2H3,(H,27,31). The number of fused-ring (bicyclic) bond motifs is 6. The van der Waals surface area contributed by atoms with Gasteiger partial charge in [-0.15, -0.1) is 0 Å². The van der Waals surface area contributed by atoms with E-state index in [1.54, 1.807) is 7.11 Å². The highest BCUT2D eigenvalue weighted by Gasteiger charge is 2.42. The number of benzene rings is 2. The van der Waals surface area contributed by atoms with Crippen LogP contribution in [-0.2, 0) is 22.5 Å². The number of hydrogen-bond acceptors (Lipinski definition) is 4. The fraction of sp³-hybridized carbons (Fsp3) is 0.385. The van der Waals surface area contributed by atoms with Crippen molar-refractivity contribution >= 4 is 28.4 Å². The van der Waals surface area contributed by atoms with Crippen molar-refractivity contribution in [1.82, 2.24) is 14.8 Å². The SMILES string of the molecule is COCCCNC(=O)CCn1c2c(c3ccccc31)CCN1C(=O)c3ccccc3N(C)C21. The van der Waals surface area contributed by atoms with E-state index in [0.717, 1.165) is 35.3 Å². The highest BCUT2D eigenvalue weighted by molar-refractivity contribution is 6.02. The molecule has 1 N–H and O–H groups in total. The molecule has 5 rings (SSSR count). The first-order valence-electron chi connectivity index (χ1n) is 11.6. The molecular formula is C26H30N4O3. The van der Waals surface area contributed by atoms with Crippen LogP contribution >= 0.6 is 0 Å². The lowest BCUT2D eigenvalue weighted by Gasteiger charge is -2.46. The molecule has 7 nitrogen and oxygen atoms in total. The fourth-order valence-electron chi connectivity index (χ4n) is 5.30. The minimum atomic E-state index is -0.187. The maximum Gasteiger partial charge on any atom is 0.257 e. The van der Waals surface area contributed by atoms with Gasteiger partial charge in [-0.05, 0) is 36.6 Å². The van der Waals surface area contributed by atoms with Crippen LogP contribution < -0.4 is 10.2 Å². The van der Waals surface area contributed by atoms with Crippen molar-refractivity contribution in [3.63, 3.8) is 0 Å². The topological polar surface area (TPSA) is 66.8 Å². The van der Waals surface area contributed by atoms with Gasteiger partial charge in [0, 0.05) is 57.7 Å². The lowest BCUT2D eigenvalue weighted by Crippen LogP contribution is -2.51. The maximum atomic E-state index is 13.4. The number of aryl methyl sites for hydroxylation is 1. The second-order valence-electron chi connectivity index (χ2n) is 8.73. The molecule has 0 saturated carbocycles. The molecule has 33 heavy (non-hydrogen) atoms. The summed E-state index contributed by atoms with van der Waals surface area (Å²) in [6, 6.07) is 16.2. The predicted molar refractivity (Wildman–Crippen MR) is 128 cm³/mol. The molecule has 3 heterocycles. The first kappa shape index (κ1) is 21.5. The Labute approximate surface area is 193 Å². The molecule has 1 aromatic heterocycles. The minimum absolute atomic E-state index is 0.0312. The number of nitrogens with one attached hydrogen (secondary N) is 1. The number of anilines is 1. The monoisotopic (exact) mass is 446 g/mol. The Morgan fingerprint density at radius 1 is 1.15 bits per heavy atom. The molecule has 7 heteroatoms. The zero-order chi connectivity index (χ0) is 22.9. The van der Waals surface area contributed by atoms with Gasteiger partial charge in [0.05, 0.1) is 16.9 Å². The van der Waals surface area contributed by atoms with Crippen LogP contribution in [0.5, 0.6) is 0 Å². The molecule has 172 valence electrons. The number of para-hydroxylation sites is 2. The molecule has 2 aliphatic rings. The number of methoxy groups -OCH3 is 1. The van der Waals surface area contributed by atoms with Gasteiger partial charge < -0.3 is 24.4 Å². The zero-order valence-corrected chi connectivity index (χ0v) is 19.2. The van der Waals surface area contributed by atoms with Crippen molar-refractivity contribution in [2.24, 2.45) is 0 Å². The van der Waals surface area contributed by atoms with E-state index in [4.69, 9.17) is 4.74 Å². The Balaban J connectivity index is 1.51. The highest BCUT2D eigenvalue weighted by Crippen LogP contribution is 2.44. The van der Waals surface area contributed by atoms with Gasteiger partial charge in [0.25, 0.3) is 5.91 Å². The van der Waals surface area contributed by atoms with Crippen LogP contribution in [0.2, 0.25) is 0 Å². The third-order valence-electron chi connectivity index (χ3n) is 6.81. The highest BCUT2D eigenvalue weighted by atomic mass is 16.5. The van der Waals surface area contributed by atoms with Crippen LogP contribution in [0.4, 0.5) is 5.69 Å². The van der Waals surface area contributed by atoms with Crippen LogP contribution in [0.3, 0.4) is 0 Å². The molecule has 2 aromatic carbocycles. The second kappa shape index (κ2) is 8.90. The number of nitrogens with zero attached hydrogens (tertiary/aromatic N) is 3. The second-order valence-corrected chi connectivity index (χ2v) is 8.73. The first-order valence-corrected chi connectivity index (χ1v) is 11.6. The van der Waals surface area contributed by atoms with E-state index in [2.05, 4.69) is 40.0 Å². The molecule has 0 bridgehead atoms. The summed E-state index contributed by atoms with van der Waals surface area (Å²) in [4.78, 5) is 30.1. The number of carbonyl (C=O) groups is 2. The van der Waals surface area contributed by atoms with Crippen LogP contribution in [-0.4, -0.2) is 55.1 Å². The maximum absolute atomic E-state index is 13.4. The van der Waals surface area contributed by atoms with Crippen molar-refractivity contribution in [1.29, 1.82) is 0 Å². The van der Waals surface area contributed by atoms with Crippen molar-refractivity contribution in [2.45, 2.75) is 32.0 Å². The Morgan fingerprint density at radius 2 is 1.94 bits per heavy atom. The average molecular weight is 447 g/mol. The van der Waals surface area contributed by atoms with Gasteiger partial charge in [-0.25, -0.2) is 0 Å². The summed E-state index contributed by atoms with van der Waals surface area (Å²) in [7, 11) is 3.72. The summed E-state index contributed by atoms with van der Waals surface area (Å²) in [5.74, 6) is 0.107. The average Bonchev–Trinajstić information content (AvgIpc) is 3.17. The molecule has 1 unspecified atom stereocenters. The first-order chi connectivity index (χ1) is 16.1. The van der Waals surface area contributed by atoms with E-state index in [1.165, 1.54) is 10.9 Å². The molecule has 0 spiro atoms. The summed E-state index contributed by atoms with van der Waals surface area (Å²) in [5.41, 5.74) is 5.23. The molecule has 2 amide bonds. The fourth-order valence-corrected chi connectivity index (χ4v) is 5.30. The van der Waals surface area contributed by atoms with Crippen molar-refractivity contribution in [3.8, 4) is 0 Å². The number of carbonyl (C=O) groups excluding carboxylic acids is 2. The normalized spacial score (nSPS) is 17.0. The van der Waals surface area contributed by atoms with Crippen molar-refractivity contribution in [3.05, 3.63) is 65.4 Å². The third kappa shape index (κ3) is 3.66. The summed E-state index contributed by atoms with van der Waals surface area (Å²) < 4.78 is 7.31. The minimum Gasteiger partial charge on any atom is -0.385 e. The van der Waals surface area contributed by atoms with E-state index in [0.29, 0.717) is 32.7 Å². The van der Waals surface area contributed by atoms with Gasteiger partial charge in [0.2, 0.25) is 5.91 Å². The van der Waals surface area contributed by atoms with E-state index < -0.39 is 0 Å². The van der Waals surface area contributed by atoms with Gasteiger partial charge in [-0.2, -0.15) is 0 Å². The summed E-state index contributed by atoms with van der Waals surface area (Å²) in [6.07, 6.45) is 1.81. The Morgan fingerprint density at radius 3 is 2.79 bits per heavy atom. The summed E-state index contributed by atoms with van der Waals surface area (Å²) in [6.45, 7) is 2.50. The summed E-state index contributed by atoms with van der Waals surface area (Å²) in [5, 5.41) is 4.20. The Bertz CT molecular complexity index is 1200. The van der Waals surface area contributed by atoms with Gasteiger partial charge in [-0.3, -0.25) is 9.59 Å². The molecular weight excluding hydrogens is 416 g/mol. The third-order valence-corrected chi connectivity index (χ3v) is 6.81. The molecule has 0 aliphatic carbocycles. The lowest BCUT2D eigenvalue weighted by atomic mass is 9.96. The Hall–Kier alpha value is -3.32. The van der Waals surface area contributed by atoms with Crippen LogP contribution in [0.25, 0.3) is 10.9 Å². The molecule has 0 radical (unpaired) electrons. The van der Waals surface area contributed by atoms with Crippen molar-refractivity contribution < 1.29 is 14.3 Å². The molecule has 0 saturated heterocycles. The molecule has 1 atom stereocenters.